The van der Waals surface area contributed by atoms with E-state index in [-0.39, 0.29) is 0 Å². The summed E-state index contributed by atoms with van der Waals surface area (Å²) in [6.45, 7) is 0. The van der Waals surface area contributed by atoms with Crippen molar-refractivity contribution in [1.82, 2.24) is 0 Å². The van der Waals surface area contributed by atoms with Gasteiger partial charge in [-0.1, -0.05) is 60.7 Å². The Kier molecular flexibility index (Phi) is 4.31. The van der Waals surface area contributed by atoms with Crippen LogP contribution in [0.2, 0.25) is 0 Å². The number of aliphatic hydroxyl groups excluding tert-OH is 1. The fourth-order valence-electron chi connectivity index (χ4n) is 2.08. The minimum atomic E-state index is -1.00. The van der Waals surface area contributed by atoms with Crippen molar-refractivity contribution in [3.05, 3.63) is 71.8 Å². The van der Waals surface area contributed by atoms with E-state index in [0.717, 1.165) is 5.56 Å². The van der Waals surface area contributed by atoms with Gasteiger partial charge in [-0.3, -0.25) is 4.79 Å². The zero-order valence-corrected chi connectivity index (χ0v) is 10.4. The summed E-state index contributed by atoms with van der Waals surface area (Å²) < 4.78 is 0. The summed E-state index contributed by atoms with van der Waals surface area (Å²) in [5, 5.41) is 19.5. The molecule has 0 radical (unpaired) electrons. The number of carboxylic acid groups (broad SMARTS) is 1. The van der Waals surface area contributed by atoms with Crippen molar-refractivity contribution < 1.29 is 15.0 Å². The lowest BCUT2D eigenvalue weighted by Gasteiger charge is -2.19. The first-order valence-corrected chi connectivity index (χ1v) is 6.18. The second-order valence-corrected chi connectivity index (χ2v) is 4.49. The first-order chi connectivity index (χ1) is 9.18. The third-order valence-corrected chi connectivity index (χ3v) is 3.14. The lowest BCUT2D eigenvalue weighted by Crippen LogP contribution is -2.24. The summed E-state index contributed by atoms with van der Waals surface area (Å²) >= 11 is 0. The molecular weight excluding hydrogens is 240 g/mol. The molecule has 98 valence electrons. The highest BCUT2D eigenvalue weighted by Gasteiger charge is 2.27. The van der Waals surface area contributed by atoms with Crippen molar-refractivity contribution in [3.8, 4) is 0 Å². The van der Waals surface area contributed by atoms with Gasteiger partial charge in [0, 0.05) is 0 Å². The van der Waals surface area contributed by atoms with E-state index in [2.05, 4.69) is 0 Å². The molecule has 0 aliphatic rings. The second-order valence-electron chi connectivity index (χ2n) is 4.49. The fraction of sp³-hybridized carbons (Fsp3) is 0.188. The quantitative estimate of drug-likeness (QED) is 0.864. The highest BCUT2D eigenvalue weighted by molar-refractivity contribution is 5.71. The third-order valence-electron chi connectivity index (χ3n) is 3.14. The topological polar surface area (TPSA) is 57.5 Å². The van der Waals surface area contributed by atoms with Gasteiger partial charge in [0.1, 0.15) is 0 Å². The zero-order valence-electron chi connectivity index (χ0n) is 10.4. The van der Waals surface area contributed by atoms with Gasteiger partial charge in [0.15, 0.2) is 0 Å². The van der Waals surface area contributed by atoms with Gasteiger partial charge in [-0.15, -0.1) is 0 Å². The summed E-state index contributed by atoms with van der Waals surface area (Å²) in [5.74, 6) is -1.83. The molecular formula is C16H16O3. The van der Waals surface area contributed by atoms with Crippen LogP contribution in [-0.2, 0) is 11.2 Å². The van der Waals surface area contributed by atoms with Crippen LogP contribution in [0.4, 0.5) is 0 Å². The van der Waals surface area contributed by atoms with E-state index in [1.165, 1.54) is 0 Å². The molecule has 0 amide bonds. The van der Waals surface area contributed by atoms with E-state index in [4.69, 9.17) is 0 Å². The van der Waals surface area contributed by atoms with Crippen LogP contribution in [-0.4, -0.2) is 16.2 Å². The Morgan fingerprint density at radius 2 is 1.47 bits per heavy atom. The summed E-state index contributed by atoms with van der Waals surface area (Å²) in [6.07, 6.45) is -0.689. The number of benzene rings is 2. The largest absolute Gasteiger partial charge is 0.481 e. The van der Waals surface area contributed by atoms with Gasteiger partial charge in [-0.25, -0.2) is 0 Å². The third kappa shape index (κ3) is 3.42. The Bertz CT molecular complexity index is 522. The zero-order chi connectivity index (χ0) is 13.7. The van der Waals surface area contributed by atoms with Crippen molar-refractivity contribution in [2.24, 2.45) is 5.92 Å². The molecule has 0 aliphatic heterocycles. The van der Waals surface area contributed by atoms with Crippen molar-refractivity contribution >= 4 is 5.97 Å². The Morgan fingerprint density at radius 1 is 0.947 bits per heavy atom. The predicted octanol–water partition coefficient (Wildman–Crippen LogP) is 2.66. The summed E-state index contributed by atoms with van der Waals surface area (Å²) in [6, 6.07) is 18.3. The Labute approximate surface area is 112 Å². The van der Waals surface area contributed by atoms with Crippen LogP contribution in [0, 0.1) is 5.92 Å². The van der Waals surface area contributed by atoms with E-state index >= 15 is 0 Å². The van der Waals surface area contributed by atoms with Gasteiger partial charge >= 0.3 is 5.97 Å². The van der Waals surface area contributed by atoms with E-state index < -0.39 is 18.0 Å². The number of hydrogen-bond acceptors (Lipinski definition) is 2. The molecule has 2 atom stereocenters. The van der Waals surface area contributed by atoms with Crippen LogP contribution in [0.25, 0.3) is 0 Å². The van der Waals surface area contributed by atoms with Gasteiger partial charge in [0.05, 0.1) is 12.0 Å². The maximum atomic E-state index is 11.4. The van der Waals surface area contributed by atoms with E-state index in [9.17, 15) is 15.0 Å². The summed E-state index contributed by atoms with van der Waals surface area (Å²) in [4.78, 5) is 11.4. The number of aliphatic carboxylic acids is 1. The van der Waals surface area contributed by atoms with E-state index in [1.807, 2.05) is 36.4 Å². The van der Waals surface area contributed by atoms with E-state index in [0.29, 0.717) is 12.0 Å². The Morgan fingerprint density at radius 3 is 2.00 bits per heavy atom. The molecule has 2 aromatic rings. The minimum Gasteiger partial charge on any atom is -0.481 e. The van der Waals surface area contributed by atoms with Crippen molar-refractivity contribution in [3.63, 3.8) is 0 Å². The Hall–Kier alpha value is -2.13. The fourth-order valence-corrected chi connectivity index (χ4v) is 2.08. The monoisotopic (exact) mass is 256 g/mol. The summed E-state index contributed by atoms with van der Waals surface area (Å²) in [7, 11) is 0. The molecule has 3 nitrogen and oxygen atoms in total. The molecule has 0 aliphatic carbocycles. The number of carboxylic acids is 1. The standard InChI is InChI=1S/C16H16O3/c17-15(13-9-5-2-6-10-13)14(16(18)19)11-12-7-3-1-4-8-12/h1-10,14-15,17H,11H2,(H,18,19)/t14-,15+/m1/s1. The number of rotatable bonds is 5. The number of aliphatic hydroxyl groups is 1. The molecule has 0 spiro atoms. The maximum absolute atomic E-state index is 11.4. The van der Waals surface area contributed by atoms with Crippen LogP contribution in [0.15, 0.2) is 60.7 Å². The highest BCUT2D eigenvalue weighted by atomic mass is 16.4. The minimum absolute atomic E-state index is 0.312. The van der Waals surface area contributed by atoms with Crippen LogP contribution >= 0.6 is 0 Å². The molecule has 0 fully saturated rings. The molecule has 2 N–H and O–H groups in total. The maximum Gasteiger partial charge on any atom is 0.309 e. The van der Waals surface area contributed by atoms with E-state index in [1.54, 1.807) is 24.3 Å². The number of carbonyl (C=O) groups is 1. The SMILES string of the molecule is O=C(O)[C@H](Cc1ccccc1)[C@@H](O)c1ccccc1. The Balaban J connectivity index is 2.19. The molecule has 2 aromatic carbocycles. The first kappa shape index (κ1) is 13.3. The molecule has 0 saturated heterocycles. The van der Waals surface area contributed by atoms with Gasteiger partial charge in [-0.2, -0.15) is 0 Å². The normalized spacial score (nSPS) is 13.7. The molecule has 3 heteroatoms. The summed E-state index contributed by atoms with van der Waals surface area (Å²) in [5.41, 5.74) is 1.54. The average Bonchev–Trinajstić information content (AvgIpc) is 2.46. The average molecular weight is 256 g/mol. The van der Waals surface area contributed by atoms with Crippen LogP contribution in [0.1, 0.15) is 17.2 Å². The molecule has 0 heterocycles. The second kappa shape index (κ2) is 6.16. The smallest absolute Gasteiger partial charge is 0.309 e. The lowest BCUT2D eigenvalue weighted by molar-refractivity contribution is -0.145. The van der Waals surface area contributed by atoms with Crippen molar-refractivity contribution in [2.75, 3.05) is 0 Å². The van der Waals surface area contributed by atoms with Crippen LogP contribution in [0.3, 0.4) is 0 Å². The molecule has 0 unspecified atom stereocenters. The van der Waals surface area contributed by atoms with Gasteiger partial charge in [0.25, 0.3) is 0 Å². The lowest BCUT2D eigenvalue weighted by atomic mass is 9.90. The first-order valence-electron chi connectivity index (χ1n) is 6.18. The van der Waals surface area contributed by atoms with Gasteiger partial charge in [0.2, 0.25) is 0 Å². The van der Waals surface area contributed by atoms with Gasteiger partial charge in [-0.05, 0) is 17.5 Å². The molecule has 0 aromatic heterocycles. The molecule has 19 heavy (non-hydrogen) atoms. The van der Waals surface area contributed by atoms with Gasteiger partial charge < -0.3 is 10.2 Å². The van der Waals surface area contributed by atoms with Crippen LogP contribution in [0.5, 0.6) is 0 Å². The molecule has 0 saturated carbocycles. The van der Waals surface area contributed by atoms with Crippen molar-refractivity contribution in [2.45, 2.75) is 12.5 Å². The molecule has 2 rings (SSSR count). The highest BCUT2D eigenvalue weighted by Crippen LogP contribution is 2.25. The predicted molar refractivity (Wildman–Crippen MR) is 72.7 cm³/mol. The van der Waals surface area contributed by atoms with Crippen LogP contribution < -0.4 is 0 Å². The van der Waals surface area contributed by atoms with Crippen molar-refractivity contribution in [1.29, 1.82) is 0 Å². The number of hydrogen-bond donors (Lipinski definition) is 2. The molecule has 0 bridgehead atoms.